The van der Waals surface area contributed by atoms with E-state index in [1.165, 1.54) is 32.1 Å². The lowest BCUT2D eigenvalue weighted by atomic mass is 9.94. The summed E-state index contributed by atoms with van der Waals surface area (Å²) in [5, 5.41) is 3.34. The zero-order valence-corrected chi connectivity index (χ0v) is 15.5. The molecule has 26 heavy (non-hydrogen) atoms. The molecular formula is C21H29N3O2. The molecule has 0 radical (unpaired) electrons. The zero-order valence-electron chi connectivity index (χ0n) is 15.5. The molecule has 1 aromatic heterocycles. The van der Waals surface area contributed by atoms with Gasteiger partial charge < -0.3 is 14.6 Å². The molecule has 1 aromatic carbocycles. The highest BCUT2D eigenvalue weighted by Gasteiger charge is 2.29. The highest BCUT2D eigenvalue weighted by atomic mass is 16.4. The van der Waals surface area contributed by atoms with Crippen LogP contribution in [0.3, 0.4) is 0 Å². The Morgan fingerprint density at radius 3 is 2.62 bits per heavy atom. The number of fused-ring (bicyclic) bond motifs is 1. The van der Waals surface area contributed by atoms with Crippen LogP contribution in [-0.2, 0) is 4.79 Å². The number of para-hydroxylation sites is 2. The Bertz CT molecular complexity index is 701. The van der Waals surface area contributed by atoms with Gasteiger partial charge in [-0.1, -0.05) is 44.2 Å². The molecule has 2 aliphatic rings. The summed E-state index contributed by atoms with van der Waals surface area (Å²) in [6, 6.07) is 8.84. The molecule has 5 nitrogen and oxygen atoms in total. The third-order valence-electron chi connectivity index (χ3n) is 5.80. The predicted octanol–water partition coefficient (Wildman–Crippen LogP) is 4.27. The largest absolute Gasteiger partial charge is 0.423 e. The molecule has 2 fully saturated rings. The Hall–Kier alpha value is -2.04. The van der Waals surface area contributed by atoms with E-state index in [9.17, 15) is 4.79 Å². The van der Waals surface area contributed by atoms with Gasteiger partial charge in [0.15, 0.2) is 5.58 Å². The smallest absolute Gasteiger partial charge is 0.298 e. The van der Waals surface area contributed by atoms with E-state index in [-0.39, 0.29) is 11.8 Å². The first-order valence-corrected chi connectivity index (χ1v) is 10.2. The number of nitrogens with zero attached hydrogens (tertiary/aromatic N) is 2. The molecule has 1 saturated carbocycles. The van der Waals surface area contributed by atoms with E-state index < -0.39 is 0 Å². The third-order valence-corrected chi connectivity index (χ3v) is 5.80. The van der Waals surface area contributed by atoms with Crippen LogP contribution in [0.4, 0.5) is 6.01 Å². The Labute approximate surface area is 155 Å². The first-order chi connectivity index (χ1) is 12.8. The molecule has 1 saturated heterocycles. The van der Waals surface area contributed by atoms with Gasteiger partial charge in [-0.2, -0.15) is 4.98 Å². The number of nitrogens with one attached hydrogen (secondary N) is 1. The van der Waals surface area contributed by atoms with E-state index in [0.717, 1.165) is 43.3 Å². The number of piperidine rings is 1. The van der Waals surface area contributed by atoms with Crippen LogP contribution in [0.15, 0.2) is 28.7 Å². The van der Waals surface area contributed by atoms with Crippen LogP contribution in [0.1, 0.15) is 57.8 Å². The molecule has 1 aliphatic carbocycles. The summed E-state index contributed by atoms with van der Waals surface area (Å²) in [4.78, 5) is 19.6. The Kier molecular flexibility index (Phi) is 5.42. The molecule has 2 heterocycles. The summed E-state index contributed by atoms with van der Waals surface area (Å²) in [5.74, 6) is 0.251. The van der Waals surface area contributed by atoms with E-state index >= 15 is 0 Å². The average molecular weight is 355 g/mol. The molecule has 4 rings (SSSR count). The van der Waals surface area contributed by atoms with Gasteiger partial charge in [-0.15, -0.1) is 0 Å². The zero-order chi connectivity index (χ0) is 17.8. The van der Waals surface area contributed by atoms with Crippen LogP contribution in [0, 0.1) is 5.92 Å². The number of amides is 1. The Morgan fingerprint density at radius 2 is 1.81 bits per heavy atom. The predicted molar refractivity (Wildman–Crippen MR) is 103 cm³/mol. The van der Waals surface area contributed by atoms with E-state index in [0.29, 0.717) is 18.6 Å². The molecular weight excluding hydrogens is 326 g/mol. The highest BCUT2D eigenvalue weighted by Crippen LogP contribution is 2.27. The first-order valence-electron chi connectivity index (χ1n) is 10.2. The van der Waals surface area contributed by atoms with E-state index in [4.69, 9.17) is 4.42 Å². The number of hydrogen-bond donors (Lipinski definition) is 1. The fourth-order valence-electron chi connectivity index (χ4n) is 4.28. The van der Waals surface area contributed by atoms with E-state index in [1.807, 2.05) is 24.3 Å². The molecule has 0 bridgehead atoms. The molecule has 1 N–H and O–H groups in total. The molecule has 1 aliphatic heterocycles. The van der Waals surface area contributed by atoms with Gasteiger partial charge in [0.1, 0.15) is 5.52 Å². The molecule has 1 atom stereocenters. The fourth-order valence-corrected chi connectivity index (χ4v) is 4.28. The van der Waals surface area contributed by atoms with Crippen LogP contribution < -0.4 is 10.2 Å². The van der Waals surface area contributed by atoms with Crippen LogP contribution in [0.25, 0.3) is 11.1 Å². The summed E-state index contributed by atoms with van der Waals surface area (Å²) >= 11 is 0. The number of hydrogen-bond acceptors (Lipinski definition) is 4. The van der Waals surface area contributed by atoms with Crippen molar-refractivity contribution < 1.29 is 9.21 Å². The molecule has 5 heteroatoms. The summed E-state index contributed by atoms with van der Waals surface area (Å²) < 4.78 is 5.90. The minimum Gasteiger partial charge on any atom is -0.423 e. The van der Waals surface area contributed by atoms with Gasteiger partial charge >= 0.3 is 0 Å². The van der Waals surface area contributed by atoms with Crippen molar-refractivity contribution in [3.63, 3.8) is 0 Å². The number of oxazole rings is 1. The van der Waals surface area contributed by atoms with Gasteiger partial charge in [0.2, 0.25) is 5.91 Å². The molecule has 1 unspecified atom stereocenters. The quantitative estimate of drug-likeness (QED) is 0.893. The SMILES string of the molecule is O=C(NC1CCCCCCC1)C1CCCN(c2nc3ccccc3o2)C1. The monoisotopic (exact) mass is 355 g/mol. The van der Waals surface area contributed by atoms with Crippen LogP contribution >= 0.6 is 0 Å². The second-order valence-electron chi connectivity index (χ2n) is 7.80. The molecule has 1 amide bonds. The minimum absolute atomic E-state index is 0.0317. The van der Waals surface area contributed by atoms with Crippen molar-refractivity contribution in [3.05, 3.63) is 24.3 Å². The molecule has 2 aromatic rings. The topological polar surface area (TPSA) is 58.4 Å². The van der Waals surface area contributed by atoms with E-state index in [1.54, 1.807) is 0 Å². The second-order valence-corrected chi connectivity index (χ2v) is 7.80. The van der Waals surface area contributed by atoms with Gasteiger partial charge in [0.25, 0.3) is 6.01 Å². The van der Waals surface area contributed by atoms with Crippen molar-refractivity contribution in [2.75, 3.05) is 18.0 Å². The highest BCUT2D eigenvalue weighted by molar-refractivity contribution is 5.80. The van der Waals surface area contributed by atoms with Gasteiger partial charge in [0, 0.05) is 19.1 Å². The van der Waals surface area contributed by atoms with Crippen molar-refractivity contribution in [2.45, 2.75) is 63.8 Å². The number of anilines is 1. The summed E-state index contributed by atoms with van der Waals surface area (Å²) in [5.41, 5.74) is 1.69. The standard InChI is InChI=1S/C21H29N3O2/c25-20(22-17-10-4-2-1-3-5-11-17)16-9-8-14-24(15-16)21-23-18-12-6-7-13-19(18)26-21/h6-7,12-13,16-17H,1-5,8-11,14-15H2,(H,22,25). The van der Waals surface area contributed by atoms with Crippen molar-refractivity contribution in [3.8, 4) is 0 Å². The van der Waals surface area contributed by atoms with Crippen LogP contribution in [-0.4, -0.2) is 30.0 Å². The number of carbonyl (C=O) groups excluding carboxylic acids is 1. The van der Waals surface area contributed by atoms with Crippen molar-refractivity contribution >= 4 is 23.0 Å². The van der Waals surface area contributed by atoms with E-state index in [2.05, 4.69) is 15.2 Å². The number of aromatic nitrogens is 1. The number of rotatable bonds is 3. The maximum Gasteiger partial charge on any atom is 0.298 e. The molecule has 140 valence electrons. The molecule has 0 spiro atoms. The average Bonchev–Trinajstić information content (AvgIpc) is 3.08. The lowest BCUT2D eigenvalue weighted by Crippen LogP contribution is -2.46. The summed E-state index contributed by atoms with van der Waals surface area (Å²) in [6.45, 7) is 1.60. The minimum atomic E-state index is 0.0317. The second kappa shape index (κ2) is 8.11. The lowest BCUT2D eigenvalue weighted by Gasteiger charge is -2.32. The number of benzene rings is 1. The fraction of sp³-hybridized carbons (Fsp3) is 0.619. The lowest BCUT2D eigenvalue weighted by molar-refractivity contribution is -0.126. The first kappa shape index (κ1) is 17.4. The van der Waals surface area contributed by atoms with Gasteiger partial charge in [0.05, 0.1) is 5.92 Å². The van der Waals surface area contributed by atoms with Gasteiger partial charge in [-0.3, -0.25) is 4.79 Å². The summed E-state index contributed by atoms with van der Waals surface area (Å²) in [7, 11) is 0. The van der Waals surface area contributed by atoms with Crippen LogP contribution in [0.5, 0.6) is 0 Å². The maximum absolute atomic E-state index is 12.8. The maximum atomic E-state index is 12.8. The van der Waals surface area contributed by atoms with Crippen molar-refractivity contribution in [2.24, 2.45) is 5.92 Å². The Balaban J connectivity index is 1.38. The van der Waals surface area contributed by atoms with Crippen molar-refractivity contribution in [1.82, 2.24) is 10.3 Å². The third kappa shape index (κ3) is 4.02. The Morgan fingerprint density at radius 1 is 1.04 bits per heavy atom. The van der Waals surface area contributed by atoms with Crippen LogP contribution in [0.2, 0.25) is 0 Å². The normalized spacial score (nSPS) is 22.8. The number of carbonyl (C=O) groups is 1. The summed E-state index contributed by atoms with van der Waals surface area (Å²) in [6.07, 6.45) is 10.7. The van der Waals surface area contributed by atoms with Gasteiger partial charge in [-0.25, -0.2) is 0 Å². The van der Waals surface area contributed by atoms with Crippen molar-refractivity contribution in [1.29, 1.82) is 0 Å². The van der Waals surface area contributed by atoms with Gasteiger partial charge in [-0.05, 0) is 37.8 Å².